The third kappa shape index (κ3) is 3.40. The van der Waals surface area contributed by atoms with Crippen molar-refractivity contribution in [2.45, 2.75) is 0 Å². The number of carbonyl (C=O) groups is 1. The number of hydrogen-bond donors (Lipinski definition) is 0. The van der Waals surface area contributed by atoms with Crippen LogP contribution in [0.3, 0.4) is 0 Å². The van der Waals surface area contributed by atoms with E-state index in [0.717, 1.165) is 3.57 Å². The maximum atomic E-state index is 10.3. The molecule has 0 fully saturated rings. The van der Waals surface area contributed by atoms with Gasteiger partial charge in [0.2, 0.25) is 0 Å². The molecule has 0 saturated carbocycles. The third-order valence-electron chi connectivity index (χ3n) is 1.17. The van der Waals surface area contributed by atoms with Crippen LogP contribution in [0.4, 0.5) is 0 Å². The van der Waals surface area contributed by atoms with Crippen LogP contribution in [-0.4, -0.2) is 11.8 Å². The van der Waals surface area contributed by atoms with Gasteiger partial charge >= 0.3 is 0 Å². The van der Waals surface area contributed by atoms with Gasteiger partial charge in [-0.25, -0.2) is 0 Å². The summed E-state index contributed by atoms with van der Waals surface area (Å²) in [6, 6.07) is 7.38. The lowest BCUT2D eigenvalue weighted by Crippen LogP contribution is -2.03. The Labute approximate surface area is 89.0 Å². The summed E-state index contributed by atoms with van der Waals surface area (Å²) < 4.78 is 6.16. The van der Waals surface area contributed by atoms with Crippen LogP contribution < -0.4 is 4.74 Å². The Hall–Kier alpha value is -0.290. The summed E-state index contributed by atoms with van der Waals surface area (Å²) in [4.78, 5) is 10.3. The highest BCUT2D eigenvalue weighted by Gasteiger charge is 1.97. The quantitative estimate of drug-likeness (QED) is 0.632. The molecule has 0 unspecified atom stereocenters. The van der Waals surface area contributed by atoms with E-state index in [1.807, 2.05) is 12.1 Å². The Morgan fingerprint density at radius 2 is 2.00 bits per heavy atom. The molecule has 4 heteroatoms. The number of hydrogen-bond acceptors (Lipinski definition) is 2. The summed E-state index contributed by atoms with van der Waals surface area (Å²) >= 11 is 7.28. The molecular formula is C8H6ClIO2. The van der Waals surface area contributed by atoms with Gasteiger partial charge in [0.05, 0.1) is 0 Å². The van der Waals surface area contributed by atoms with Crippen molar-refractivity contribution in [1.82, 2.24) is 0 Å². The van der Waals surface area contributed by atoms with E-state index in [0.29, 0.717) is 5.75 Å². The van der Waals surface area contributed by atoms with E-state index < -0.39 is 5.24 Å². The minimum Gasteiger partial charge on any atom is -0.484 e. The minimum atomic E-state index is -0.492. The molecule has 2 nitrogen and oxygen atoms in total. The molecule has 0 heterocycles. The third-order valence-corrected chi connectivity index (χ3v) is 1.99. The first kappa shape index (κ1) is 9.80. The second-order valence-electron chi connectivity index (χ2n) is 2.10. The van der Waals surface area contributed by atoms with Gasteiger partial charge in [-0.1, -0.05) is 0 Å². The average Bonchev–Trinajstić information content (AvgIpc) is 2.03. The molecule has 0 spiro atoms. The lowest BCUT2D eigenvalue weighted by Gasteiger charge is -2.01. The van der Waals surface area contributed by atoms with Gasteiger partial charge in [-0.05, 0) is 58.5 Å². The first-order chi connectivity index (χ1) is 5.68. The monoisotopic (exact) mass is 296 g/mol. The molecule has 1 aromatic carbocycles. The molecule has 0 aliphatic heterocycles. The van der Waals surface area contributed by atoms with Gasteiger partial charge in [-0.15, -0.1) is 0 Å². The number of carbonyl (C=O) groups excluding carboxylic acids is 1. The summed E-state index contributed by atoms with van der Waals surface area (Å²) in [5.74, 6) is 0.657. The molecule has 0 saturated heterocycles. The highest BCUT2D eigenvalue weighted by atomic mass is 127. The largest absolute Gasteiger partial charge is 0.484 e. The van der Waals surface area contributed by atoms with E-state index in [1.54, 1.807) is 12.1 Å². The summed E-state index contributed by atoms with van der Waals surface area (Å²) in [7, 11) is 0. The van der Waals surface area contributed by atoms with E-state index in [2.05, 4.69) is 22.6 Å². The first-order valence-electron chi connectivity index (χ1n) is 3.25. The van der Waals surface area contributed by atoms with Crippen molar-refractivity contribution in [3.05, 3.63) is 27.8 Å². The van der Waals surface area contributed by atoms with Crippen LogP contribution in [0.1, 0.15) is 0 Å². The maximum Gasteiger partial charge on any atom is 0.259 e. The number of ether oxygens (including phenoxy) is 1. The fourth-order valence-corrected chi connectivity index (χ4v) is 1.09. The van der Waals surface area contributed by atoms with Crippen molar-refractivity contribution < 1.29 is 9.53 Å². The van der Waals surface area contributed by atoms with Crippen LogP contribution >= 0.6 is 34.2 Å². The van der Waals surface area contributed by atoms with Crippen LogP contribution in [0.5, 0.6) is 5.75 Å². The Morgan fingerprint density at radius 3 is 2.50 bits per heavy atom. The molecule has 0 radical (unpaired) electrons. The zero-order valence-corrected chi connectivity index (χ0v) is 9.00. The van der Waals surface area contributed by atoms with Crippen LogP contribution in [-0.2, 0) is 4.79 Å². The lowest BCUT2D eigenvalue weighted by atomic mass is 10.3. The van der Waals surface area contributed by atoms with Gasteiger partial charge in [0.15, 0.2) is 6.61 Å². The maximum absolute atomic E-state index is 10.3. The predicted molar refractivity (Wildman–Crippen MR) is 55.5 cm³/mol. The van der Waals surface area contributed by atoms with Gasteiger partial charge in [-0.2, -0.15) is 0 Å². The zero-order chi connectivity index (χ0) is 8.97. The summed E-state index contributed by atoms with van der Waals surface area (Å²) in [6.07, 6.45) is 0. The molecular weight excluding hydrogens is 290 g/mol. The van der Waals surface area contributed by atoms with Crippen molar-refractivity contribution in [2.75, 3.05) is 6.61 Å². The molecule has 0 aliphatic rings. The molecule has 0 amide bonds. The van der Waals surface area contributed by atoms with E-state index in [-0.39, 0.29) is 6.61 Å². The Bertz CT molecular complexity index is 271. The van der Waals surface area contributed by atoms with Gasteiger partial charge in [0.1, 0.15) is 5.75 Å². The Kier molecular flexibility index (Phi) is 3.81. The van der Waals surface area contributed by atoms with E-state index in [1.165, 1.54) is 0 Å². The molecule has 0 bridgehead atoms. The fourth-order valence-electron chi connectivity index (χ4n) is 0.671. The molecule has 12 heavy (non-hydrogen) atoms. The van der Waals surface area contributed by atoms with Crippen LogP contribution in [0, 0.1) is 3.57 Å². The van der Waals surface area contributed by atoms with Crippen molar-refractivity contribution in [2.24, 2.45) is 0 Å². The van der Waals surface area contributed by atoms with Gasteiger partial charge < -0.3 is 4.74 Å². The first-order valence-corrected chi connectivity index (χ1v) is 4.71. The zero-order valence-electron chi connectivity index (χ0n) is 6.09. The second kappa shape index (κ2) is 4.67. The highest BCUT2D eigenvalue weighted by Crippen LogP contribution is 2.13. The molecule has 1 aromatic rings. The fraction of sp³-hybridized carbons (Fsp3) is 0.125. The molecule has 0 aliphatic carbocycles. The summed E-state index contributed by atoms with van der Waals surface area (Å²) in [5.41, 5.74) is 0. The molecule has 64 valence electrons. The van der Waals surface area contributed by atoms with Crippen molar-refractivity contribution in [3.8, 4) is 5.75 Å². The van der Waals surface area contributed by atoms with E-state index in [4.69, 9.17) is 16.3 Å². The Balaban J connectivity index is 2.53. The van der Waals surface area contributed by atoms with Gasteiger partial charge in [-0.3, -0.25) is 4.79 Å². The van der Waals surface area contributed by atoms with Crippen LogP contribution in [0.2, 0.25) is 0 Å². The lowest BCUT2D eigenvalue weighted by molar-refractivity contribution is -0.113. The summed E-state index contributed by atoms with van der Waals surface area (Å²) in [5, 5.41) is -0.492. The number of halogens is 2. The molecule has 0 atom stereocenters. The van der Waals surface area contributed by atoms with Gasteiger partial charge in [0.25, 0.3) is 5.24 Å². The average molecular weight is 296 g/mol. The normalized spacial score (nSPS) is 9.50. The SMILES string of the molecule is O=C(Cl)COc1ccc(I)cc1. The minimum absolute atomic E-state index is 0.0812. The van der Waals surface area contributed by atoms with Crippen LogP contribution in [0.15, 0.2) is 24.3 Å². The molecule has 1 rings (SSSR count). The topological polar surface area (TPSA) is 26.3 Å². The van der Waals surface area contributed by atoms with Gasteiger partial charge in [0, 0.05) is 3.57 Å². The number of rotatable bonds is 3. The molecule has 0 N–H and O–H groups in total. The summed E-state index contributed by atoms with van der Waals surface area (Å²) in [6.45, 7) is -0.0812. The number of benzene rings is 1. The smallest absolute Gasteiger partial charge is 0.259 e. The standard InChI is InChI=1S/C8H6ClIO2/c9-8(11)5-12-7-3-1-6(10)2-4-7/h1-4H,5H2. The van der Waals surface area contributed by atoms with Crippen LogP contribution in [0.25, 0.3) is 0 Å². The van der Waals surface area contributed by atoms with E-state index in [9.17, 15) is 4.79 Å². The van der Waals surface area contributed by atoms with Crippen molar-refractivity contribution in [1.29, 1.82) is 0 Å². The Morgan fingerprint density at radius 1 is 1.42 bits per heavy atom. The van der Waals surface area contributed by atoms with Crippen molar-refractivity contribution >= 4 is 39.4 Å². The van der Waals surface area contributed by atoms with E-state index >= 15 is 0 Å². The molecule has 0 aromatic heterocycles. The second-order valence-corrected chi connectivity index (χ2v) is 3.76. The predicted octanol–water partition coefficient (Wildman–Crippen LogP) is 2.44. The van der Waals surface area contributed by atoms with Crippen molar-refractivity contribution in [3.63, 3.8) is 0 Å². The highest BCUT2D eigenvalue weighted by molar-refractivity contribution is 14.1.